The number of carbonyl (C=O) groups excluding carboxylic acids is 2. The van der Waals surface area contributed by atoms with Crippen molar-refractivity contribution in [2.45, 2.75) is 83.5 Å². The molecule has 6 nitrogen and oxygen atoms in total. The highest BCUT2D eigenvalue weighted by Crippen LogP contribution is 2.32. The fourth-order valence-electron chi connectivity index (χ4n) is 5.47. The first kappa shape index (κ1) is 24.3. The lowest BCUT2D eigenvalue weighted by Crippen LogP contribution is -2.64. The van der Waals surface area contributed by atoms with E-state index in [0.717, 1.165) is 48.9 Å². The van der Waals surface area contributed by atoms with Crippen LogP contribution in [-0.4, -0.2) is 38.1 Å². The summed E-state index contributed by atoms with van der Waals surface area (Å²) in [6.07, 6.45) is 7.69. The molecule has 1 saturated carbocycles. The van der Waals surface area contributed by atoms with E-state index in [4.69, 9.17) is 5.10 Å². The molecule has 1 aliphatic heterocycles. The van der Waals surface area contributed by atoms with Gasteiger partial charge in [0, 0.05) is 18.2 Å². The molecule has 1 atom stereocenters. The van der Waals surface area contributed by atoms with Gasteiger partial charge in [-0.2, -0.15) is 5.10 Å². The van der Waals surface area contributed by atoms with E-state index in [1.807, 2.05) is 43.3 Å². The van der Waals surface area contributed by atoms with Gasteiger partial charge in [-0.25, -0.2) is 0 Å². The highest BCUT2D eigenvalue weighted by atomic mass is 16.2. The van der Waals surface area contributed by atoms with Crippen molar-refractivity contribution in [3.8, 4) is 11.3 Å². The monoisotopic (exact) mass is 484 g/mol. The maximum Gasteiger partial charge on any atom is 0.273 e. The number of aryl methyl sites for hydroxylation is 1. The van der Waals surface area contributed by atoms with Crippen molar-refractivity contribution in [2.24, 2.45) is 0 Å². The third-order valence-corrected chi connectivity index (χ3v) is 7.82. The number of hydrogen-bond acceptors (Lipinski definition) is 3. The number of aromatic nitrogens is 2. The molecule has 5 rings (SSSR count). The molecular weight excluding hydrogens is 448 g/mol. The second kappa shape index (κ2) is 10.3. The summed E-state index contributed by atoms with van der Waals surface area (Å²) >= 11 is 0. The molecule has 0 radical (unpaired) electrons. The molecule has 1 aromatic heterocycles. The largest absolute Gasteiger partial charge is 0.351 e. The van der Waals surface area contributed by atoms with Crippen molar-refractivity contribution in [3.63, 3.8) is 0 Å². The molecule has 0 unspecified atom stereocenters. The van der Waals surface area contributed by atoms with Crippen LogP contribution in [0.25, 0.3) is 11.3 Å². The first-order chi connectivity index (χ1) is 17.5. The normalized spacial score (nSPS) is 20.6. The van der Waals surface area contributed by atoms with E-state index >= 15 is 0 Å². The molecule has 36 heavy (non-hydrogen) atoms. The van der Waals surface area contributed by atoms with Gasteiger partial charge in [0.2, 0.25) is 5.91 Å². The smallest absolute Gasteiger partial charge is 0.273 e. The third kappa shape index (κ3) is 4.81. The zero-order valence-corrected chi connectivity index (χ0v) is 21.4. The first-order valence-corrected chi connectivity index (χ1v) is 13.3. The summed E-state index contributed by atoms with van der Waals surface area (Å²) in [4.78, 5) is 29.5. The van der Waals surface area contributed by atoms with Crippen LogP contribution in [0.5, 0.6) is 0 Å². The van der Waals surface area contributed by atoms with E-state index < -0.39 is 5.54 Å². The van der Waals surface area contributed by atoms with Crippen LogP contribution < -0.4 is 5.32 Å². The molecule has 0 spiro atoms. The molecule has 188 valence electrons. The van der Waals surface area contributed by atoms with Crippen LogP contribution in [0.4, 0.5) is 0 Å². The third-order valence-electron chi connectivity index (χ3n) is 7.82. The summed E-state index contributed by atoms with van der Waals surface area (Å²) in [5, 5.41) is 8.11. The van der Waals surface area contributed by atoms with Crippen LogP contribution in [0.3, 0.4) is 0 Å². The number of carbonyl (C=O) groups is 2. The van der Waals surface area contributed by atoms with Crippen molar-refractivity contribution in [1.82, 2.24) is 20.0 Å². The lowest BCUT2D eigenvalue weighted by atomic mass is 9.93. The Morgan fingerprint density at radius 2 is 1.69 bits per heavy atom. The number of fused-ring (bicyclic) bond motifs is 1. The predicted molar refractivity (Wildman–Crippen MR) is 141 cm³/mol. The highest BCUT2D eigenvalue weighted by molar-refractivity contribution is 6.00. The Hall–Kier alpha value is -3.41. The minimum atomic E-state index is -1.04. The number of hydrogen-bond donors (Lipinski definition) is 1. The Labute approximate surface area is 213 Å². The molecule has 2 heterocycles. The molecule has 3 aromatic rings. The van der Waals surface area contributed by atoms with Crippen LogP contribution >= 0.6 is 0 Å². The van der Waals surface area contributed by atoms with Crippen LogP contribution in [0.2, 0.25) is 0 Å². The molecule has 2 aromatic carbocycles. The van der Waals surface area contributed by atoms with Gasteiger partial charge < -0.3 is 10.2 Å². The summed E-state index contributed by atoms with van der Waals surface area (Å²) in [5.41, 5.74) is 3.48. The van der Waals surface area contributed by atoms with Crippen molar-refractivity contribution in [2.75, 3.05) is 0 Å². The van der Waals surface area contributed by atoms with Gasteiger partial charge in [0.15, 0.2) is 0 Å². The van der Waals surface area contributed by atoms with Gasteiger partial charge in [0.1, 0.15) is 11.2 Å². The Bertz CT molecular complexity index is 1210. The predicted octanol–water partition coefficient (Wildman–Crippen LogP) is 5.37. The summed E-state index contributed by atoms with van der Waals surface area (Å²) < 4.78 is 1.74. The van der Waals surface area contributed by atoms with Crippen LogP contribution in [0, 0.1) is 0 Å². The van der Waals surface area contributed by atoms with Gasteiger partial charge >= 0.3 is 0 Å². The average Bonchev–Trinajstić information content (AvgIpc) is 3.15. The Morgan fingerprint density at radius 1 is 1.00 bits per heavy atom. The van der Waals surface area contributed by atoms with E-state index in [2.05, 4.69) is 36.5 Å². The van der Waals surface area contributed by atoms with E-state index in [9.17, 15) is 9.59 Å². The minimum absolute atomic E-state index is 0.0892. The summed E-state index contributed by atoms with van der Waals surface area (Å²) in [6.45, 7) is 4.72. The molecule has 1 aliphatic carbocycles. The van der Waals surface area contributed by atoms with Gasteiger partial charge in [-0.15, -0.1) is 0 Å². The first-order valence-electron chi connectivity index (χ1n) is 13.3. The quantitative estimate of drug-likeness (QED) is 0.479. The molecule has 1 fully saturated rings. The minimum Gasteiger partial charge on any atom is -0.351 e. The molecule has 2 amide bonds. The van der Waals surface area contributed by atoms with Gasteiger partial charge in [-0.05, 0) is 43.4 Å². The van der Waals surface area contributed by atoms with Gasteiger partial charge in [0.05, 0.1) is 12.2 Å². The lowest BCUT2D eigenvalue weighted by molar-refractivity contribution is -0.134. The second-order valence-corrected chi connectivity index (χ2v) is 10.4. The zero-order valence-electron chi connectivity index (χ0n) is 21.4. The molecular formula is C30H36N4O2. The fourth-order valence-corrected chi connectivity index (χ4v) is 5.47. The molecule has 0 bridgehead atoms. The fraction of sp³-hybridized carbons (Fsp3) is 0.433. The van der Waals surface area contributed by atoms with Crippen molar-refractivity contribution >= 4 is 11.8 Å². The summed E-state index contributed by atoms with van der Waals surface area (Å²) in [5.74, 6) is -0.249. The van der Waals surface area contributed by atoms with Crippen molar-refractivity contribution in [1.29, 1.82) is 0 Å². The van der Waals surface area contributed by atoms with Crippen LogP contribution in [-0.2, 0) is 24.3 Å². The van der Waals surface area contributed by atoms with Crippen molar-refractivity contribution < 1.29 is 9.59 Å². The van der Waals surface area contributed by atoms with E-state index in [1.54, 1.807) is 9.58 Å². The van der Waals surface area contributed by atoms with Crippen LogP contribution in [0.1, 0.15) is 74.0 Å². The Kier molecular flexibility index (Phi) is 6.95. The van der Waals surface area contributed by atoms with Crippen molar-refractivity contribution in [3.05, 3.63) is 77.5 Å². The van der Waals surface area contributed by atoms with Gasteiger partial charge in [-0.1, -0.05) is 87.2 Å². The van der Waals surface area contributed by atoms with Crippen LogP contribution in [0.15, 0.2) is 60.7 Å². The summed E-state index contributed by atoms with van der Waals surface area (Å²) in [7, 11) is 0. The maximum absolute atomic E-state index is 13.9. The molecule has 6 heteroatoms. The topological polar surface area (TPSA) is 67.2 Å². The number of nitrogens with one attached hydrogen (secondary N) is 1. The molecule has 2 aliphatic rings. The van der Waals surface area contributed by atoms with E-state index in [-0.39, 0.29) is 17.9 Å². The summed E-state index contributed by atoms with van der Waals surface area (Å²) in [6, 6.07) is 20.2. The Balaban J connectivity index is 1.48. The number of rotatable bonds is 6. The molecule has 1 N–H and O–H groups in total. The highest BCUT2D eigenvalue weighted by Gasteiger charge is 2.48. The SMILES string of the molecule is CCc1ccc(-c2cc3n(n2)C[C@](C)(C(=O)NC2CCCCCC2)N(Cc2ccccc2)C3=O)cc1. The number of benzene rings is 2. The van der Waals surface area contributed by atoms with E-state index in [0.29, 0.717) is 18.8 Å². The lowest BCUT2D eigenvalue weighted by Gasteiger charge is -2.44. The maximum atomic E-state index is 13.9. The number of amides is 2. The number of nitrogens with zero attached hydrogens (tertiary/aromatic N) is 3. The zero-order chi connectivity index (χ0) is 25.1. The average molecular weight is 485 g/mol. The van der Waals surface area contributed by atoms with Gasteiger partial charge in [0.25, 0.3) is 5.91 Å². The van der Waals surface area contributed by atoms with Gasteiger partial charge in [-0.3, -0.25) is 14.3 Å². The van der Waals surface area contributed by atoms with E-state index in [1.165, 1.54) is 18.4 Å². The molecule has 0 saturated heterocycles. The second-order valence-electron chi connectivity index (χ2n) is 10.4. The Morgan fingerprint density at radius 3 is 2.36 bits per heavy atom. The standard InChI is InChI=1S/C30H36N4O2/c1-3-22-15-17-24(18-16-22)26-19-27-28(35)33(20-23-11-7-6-8-12-23)30(2,21-34(27)32-26)29(36)31-25-13-9-4-5-10-14-25/h6-8,11-12,15-19,25H,3-5,9-10,13-14,20-21H2,1-2H3,(H,31,36)/t30-/m1/s1.